The maximum absolute atomic E-state index is 5.48. The molecular formula is C24H32N6O. The minimum Gasteiger partial charge on any atom is -0.468 e. The minimum absolute atomic E-state index is 0.509. The summed E-state index contributed by atoms with van der Waals surface area (Å²) in [5.74, 6) is 2.45. The molecule has 3 heterocycles. The van der Waals surface area contributed by atoms with E-state index in [1.165, 1.54) is 16.7 Å². The number of aromatic nitrogens is 2. The number of furan rings is 1. The number of aryl methyl sites for hydroxylation is 1. The number of rotatable bonds is 7. The van der Waals surface area contributed by atoms with Crippen molar-refractivity contribution in [3.05, 3.63) is 77.5 Å². The van der Waals surface area contributed by atoms with Crippen LogP contribution >= 0.6 is 0 Å². The van der Waals surface area contributed by atoms with Crippen LogP contribution in [0.4, 0.5) is 0 Å². The molecule has 0 aliphatic carbocycles. The van der Waals surface area contributed by atoms with Gasteiger partial charge in [-0.15, -0.1) is 0 Å². The lowest BCUT2D eigenvalue weighted by Gasteiger charge is -2.23. The monoisotopic (exact) mass is 420 g/mol. The molecule has 0 amide bonds. The van der Waals surface area contributed by atoms with Crippen molar-refractivity contribution in [2.75, 3.05) is 27.2 Å². The highest BCUT2D eigenvalue weighted by Crippen LogP contribution is 2.26. The third-order valence-electron chi connectivity index (χ3n) is 5.90. The Balaban J connectivity index is 1.35. The predicted molar refractivity (Wildman–Crippen MR) is 123 cm³/mol. The first-order valence-electron chi connectivity index (χ1n) is 10.8. The summed E-state index contributed by atoms with van der Waals surface area (Å²) < 4.78 is 7.36. The molecule has 0 radical (unpaired) electrons. The number of hydrogen-bond acceptors (Lipinski definition) is 4. The second-order valence-corrected chi connectivity index (χ2v) is 8.30. The van der Waals surface area contributed by atoms with Gasteiger partial charge in [-0.05, 0) is 42.3 Å². The molecule has 164 valence electrons. The summed E-state index contributed by atoms with van der Waals surface area (Å²) in [6.45, 7) is 4.39. The molecule has 1 fully saturated rings. The van der Waals surface area contributed by atoms with Crippen LogP contribution in [-0.2, 0) is 26.7 Å². The molecule has 1 aliphatic heterocycles. The summed E-state index contributed by atoms with van der Waals surface area (Å²) in [6, 6.07) is 12.6. The quantitative estimate of drug-likeness (QED) is 0.470. The zero-order valence-electron chi connectivity index (χ0n) is 18.7. The zero-order chi connectivity index (χ0) is 21.6. The molecule has 1 N–H and O–H groups in total. The van der Waals surface area contributed by atoms with Crippen molar-refractivity contribution in [1.82, 2.24) is 24.9 Å². The third kappa shape index (κ3) is 5.35. The second-order valence-electron chi connectivity index (χ2n) is 8.30. The van der Waals surface area contributed by atoms with Crippen molar-refractivity contribution in [2.45, 2.75) is 32.0 Å². The lowest BCUT2D eigenvalue weighted by Crippen LogP contribution is -2.39. The van der Waals surface area contributed by atoms with E-state index in [0.717, 1.165) is 50.9 Å². The Morgan fingerprint density at radius 3 is 2.77 bits per heavy atom. The number of nitrogens with one attached hydrogen (secondary N) is 1. The van der Waals surface area contributed by atoms with E-state index in [1.807, 2.05) is 37.1 Å². The molecule has 31 heavy (non-hydrogen) atoms. The van der Waals surface area contributed by atoms with Crippen molar-refractivity contribution >= 4 is 5.96 Å². The second kappa shape index (κ2) is 9.83. The molecule has 0 spiro atoms. The van der Waals surface area contributed by atoms with Crippen molar-refractivity contribution < 1.29 is 4.42 Å². The summed E-state index contributed by atoms with van der Waals surface area (Å²) >= 11 is 0. The van der Waals surface area contributed by atoms with Gasteiger partial charge in [-0.1, -0.05) is 24.3 Å². The Morgan fingerprint density at radius 1 is 1.23 bits per heavy atom. The fourth-order valence-electron chi connectivity index (χ4n) is 4.28. The first-order chi connectivity index (χ1) is 15.1. The van der Waals surface area contributed by atoms with Gasteiger partial charge in [0, 0.05) is 52.4 Å². The van der Waals surface area contributed by atoms with Crippen LogP contribution in [0.3, 0.4) is 0 Å². The predicted octanol–water partition coefficient (Wildman–Crippen LogP) is 3.21. The molecular weight excluding hydrogens is 388 g/mol. The Morgan fingerprint density at radius 2 is 2.06 bits per heavy atom. The topological polar surface area (TPSA) is 61.8 Å². The molecule has 0 bridgehead atoms. The Kier molecular flexibility index (Phi) is 6.72. The van der Waals surface area contributed by atoms with E-state index >= 15 is 0 Å². The van der Waals surface area contributed by atoms with Gasteiger partial charge in [0.2, 0.25) is 0 Å². The van der Waals surface area contributed by atoms with Gasteiger partial charge in [-0.3, -0.25) is 14.6 Å². The fourth-order valence-corrected chi connectivity index (χ4v) is 4.28. The maximum Gasteiger partial charge on any atom is 0.193 e. The molecule has 7 nitrogen and oxygen atoms in total. The van der Waals surface area contributed by atoms with E-state index in [9.17, 15) is 0 Å². The van der Waals surface area contributed by atoms with Crippen molar-refractivity contribution in [3.8, 4) is 0 Å². The number of hydrogen-bond donors (Lipinski definition) is 1. The number of likely N-dealkylation sites (tertiary alicyclic amines) is 1. The lowest BCUT2D eigenvalue weighted by molar-refractivity contribution is 0.287. The van der Waals surface area contributed by atoms with Crippen LogP contribution in [-0.4, -0.2) is 52.7 Å². The molecule has 3 aromatic rings. The van der Waals surface area contributed by atoms with Gasteiger partial charge in [-0.25, -0.2) is 0 Å². The fraction of sp³-hybridized carbons (Fsp3) is 0.417. The van der Waals surface area contributed by atoms with E-state index in [0.29, 0.717) is 5.92 Å². The van der Waals surface area contributed by atoms with E-state index in [1.54, 1.807) is 6.26 Å². The van der Waals surface area contributed by atoms with Gasteiger partial charge < -0.3 is 14.6 Å². The molecule has 1 aliphatic rings. The molecule has 1 atom stereocenters. The molecule has 2 aromatic heterocycles. The molecule has 1 unspecified atom stereocenters. The molecule has 7 heteroatoms. The highest BCUT2D eigenvalue weighted by Gasteiger charge is 2.26. The van der Waals surface area contributed by atoms with E-state index in [2.05, 4.69) is 62.7 Å². The van der Waals surface area contributed by atoms with Crippen LogP contribution in [0, 0.1) is 0 Å². The smallest absolute Gasteiger partial charge is 0.193 e. The van der Waals surface area contributed by atoms with E-state index < -0.39 is 0 Å². The van der Waals surface area contributed by atoms with Crippen LogP contribution in [0.15, 0.2) is 64.5 Å². The molecule has 0 saturated carbocycles. The van der Waals surface area contributed by atoms with Crippen LogP contribution in [0.2, 0.25) is 0 Å². The highest BCUT2D eigenvalue weighted by molar-refractivity contribution is 5.80. The van der Waals surface area contributed by atoms with Gasteiger partial charge >= 0.3 is 0 Å². The Hall–Kier alpha value is -3.06. The molecule has 4 rings (SSSR count). The van der Waals surface area contributed by atoms with Gasteiger partial charge in [0.25, 0.3) is 0 Å². The van der Waals surface area contributed by atoms with Gasteiger partial charge in [-0.2, -0.15) is 5.10 Å². The summed E-state index contributed by atoms with van der Waals surface area (Å²) in [7, 11) is 5.96. The largest absolute Gasteiger partial charge is 0.468 e. The van der Waals surface area contributed by atoms with Crippen molar-refractivity contribution in [3.63, 3.8) is 0 Å². The molecule has 1 saturated heterocycles. The van der Waals surface area contributed by atoms with E-state index in [-0.39, 0.29) is 0 Å². The summed E-state index contributed by atoms with van der Waals surface area (Å²) in [5, 5.41) is 7.91. The average molecular weight is 421 g/mol. The SMILES string of the molecule is CN=C(NCc1ccccc1CN(C)Cc1ccco1)N1CCC(c2cnn(C)c2)C1. The Bertz CT molecular complexity index is 993. The number of guanidine groups is 1. The highest BCUT2D eigenvalue weighted by atomic mass is 16.3. The molecule has 1 aromatic carbocycles. The first-order valence-corrected chi connectivity index (χ1v) is 10.8. The lowest BCUT2D eigenvalue weighted by atomic mass is 10.0. The van der Waals surface area contributed by atoms with Gasteiger partial charge in [0.1, 0.15) is 5.76 Å². The van der Waals surface area contributed by atoms with Gasteiger partial charge in [0.15, 0.2) is 5.96 Å². The summed E-state index contributed by atoms with van der Waals surface area (Å²) in [6.07, 6.45) is 6.96. The van der Waals surface area contributed by atoms with Gasteiger partial charge in [0.05, 0.1) is 19.0 Å². The summed E-state index contributed by atoms with van der Waals surface area (Å²) in [4.78, 5) is 9.17. The van der Waals surface area contributed by atoms with Crippen LogP contribution < -0.4 is 5.32 Å². The maximum atomic E-state index is 5.48. The summed E-state index contributed by atoms with van der Waals surface area (Å²) in [5.41, 5.74) is 3.91. The third-order valence-corrected chi connectivity index (χ3v) is 5.90. The normalized spacial score (nSPS) is 17.0. The standard InChI is InChI=1S/C24H32N6O/c1-25-24(30-11-10-21(17-30)22-14-27-29(3)16-22)26-13-19-7-4-5-8-20(19)15-28(2)18-23-9-6-12-31-23/h4-9,12,14,16,21H,10-11,13,15,17-18H2,1-3H3,(H,25,26). The number of benzene rings is 1. The van der Waals surface area contributed by atoms with Crippen LogP contribution in [0.1, 0.15) is 34.8 Å². The minimum atomic E-state index is 0.509. The van der Waals surface area contributed by atoms with E-state index in [4.69, 9.17) is 4.42 Å². The number of nitrogens with zero attached hydrogens (tertiary/aromatic N) is 5. The van der Waals surface area contributed by atoms with Crippen molar-refractivity contribution in [2.24, 2.45) is 12.0 Å². The van der Waals surface area contributed by atoms with Crippen molar-refractivity contribution in [1.29, 1.82) is 0 Å². The van der Waals surface area contributed by atoms with Crippen LogP contribution in [0.5, 0.6) is 0 Å². The average Bonchev–Trinajstić information content (AvgIpc) is 3.52. The zero-order valence-corrected chi connectivity index (χ0v) is 18.7. The van der Waals surface area contributed by atoms with Crippen LogP contribution in [0.25, 0.3) is 0 Å². The first kappa shape index (κ1) is 21.2. The number of aliphatic imine (C=N–C) groups is 1. The Labute approximate surface area is 184 Å².